The molecule has 1 aromatic heterocycles. The van der Waals surface area contributed by atoms with Crippen molar-refractivity contribution in [2.75, 3.05) is 6.61 Å². The van der Waals surface area contributed by atoms with Crippen molar-refractivity contribution >= 4 is 28.7 Å². The van der Waals surface area contributed by atoms with Gasteiger partial charge in [-0.15, -0.1) is 0 Å². The number of aliphatic hydroxyl groups is 1. The van der Waals surface area contributed by atoms with Crippen molar-refractivity contribution in [2.45, 2.75) is 18.5 Å². The Labute approximate surface area is 170 Å². The molecule has 156 valence electrons. The van der Waals surface area contributed by atoms with E-state index in [1.165, 1.54) is 12.1 Å². The monoisotopic (exact) mass is 413 g/mol. The first-order valence-corrected chi connectivity index (χ1v) is 9.14. The first-order valence-electron chi connectivity index (χ1n) is 9.14. The number of aromatic amines is 1. The number of amides is 2. The van der Waals surface area contributed by atoms with E-state index in [0.29, 0.717) is 0 Å². The third-order valence-corrected chi connectivity index (χ3v) is 4.62. The van der Waals surface area contributed by atoms with E-state index in [1.807, 2.05) is 24.3 Å². The summed E-state index contributed by atoms with van der Waals surface area (Å²) in [6.45, 7) is -0.799. The van der Waals surface area contributed by atoms with Crippen molar-refractivity contribution in [3.63, 3.8) is 0 Å². The number of hydrogen-bond donors (Lipinski definition) is 5. The number of para-hydroxylation sites is 1. The number of carboxylic acid groups (broad SMARTS) is 1. The molecular formula is C21H20FN3O5. The van der Waals surface area contributed by atoms with Crippen LogP contribution in [0.2, 0.25) is 0 Å². The van der Waals surface area contributed by atoms with Gasteiger partial charge in [-0.1, -0.05) is 18.2 Å². The van der Waals surface area contributed by atoms with E-state index in [4.69, 9.17) is 5.11 Å². The highest BCUT2D eigenvalue weighted by Gasteiger charge is 2.27. The zero-order chi connectivity index (χ0) is 21.7. The lowest BCUT2D eigenvalue weighted by molar-refractivity contribution is -0.143. The van der Waals surface area contributed by atoms with E-state index in [9.17, 15) is 23.9 Å². The summed E-state index contributed by atoms with van der Waals surface area (Å²) in [5.74, 6) is -3.29. The van der Waals surface area contributed by atoms with Gasteiger partial charge >= 0.3 is 5.97 Å². The number of benzene rings is 2. The fraction of sp³-hybridized carbons (Fsp3) is 0.190. The lowest BCUT2D eigenvalue weighted by Gasteiger charge is -2.20. The van der Waals surface area contributed by atoms with Gasteiger partial charge in [0.1, 0.15) is 17.9 Å². The van der Waals surface area contributed by atoms with Gasteiger partial charge in [-0.2, -0.15) is 0 Å². The van der Waals surface area contributed by atoms with Crippen molar-refractivity contribution < 1.29 is 29.0 Å². The largest absolute Gasteiger partial charge is 0.480 e. The minimum absolute atomic E-state index is 0.0700. The maximum Gasteiger partial charge on any atom is 0.328 e. The van der Waals surface area contributed by atoms with E-state index in [2.05, 4.69) is 15.6 Å². The third kappa shape index (κ3) is 4.81. The molecule has 0 unspecified atom stereocenters. The molecule has 2 amide bonds. The quantitative estimate of drug-likeness (QED) is 0.379. The minimum Gasteiger partial charge on any atom is -0.480 e. The highest BCUT2D eigenvalue weighted by atomic mass is 19.1. The van der Waals surface area contributed by atoms with Gasteiger partial charge in [0, 0.05) is 29.1 Å². The van der Waals surface area contributed by atoms with Gasteiger partial charge in [-0.3, -0.25) is 9.59 Å². The van der Waals surface area contributed by atoms with Crippen LogP contribution in [0.5, 0.6) is 0 Å². The number of carbonyl (C=O) groups is 3. The summed E-state index contributed by atoms with van der Waals surface area (Å²) in [7, 11) is 0. The number of nitrogens with one attached hydrogen (secondary N) is 3. The Morgan fingerprint density at radius 3 is 2.37 bits per heavy atom. The van der Waals surface area contributed by atoms with Crippen LogP contribution in [-0.4, -0.2) is 51.7 Å². The normalized spacial score (nSPS) is 12.9. The van der Waals surface area contributed by atoms with Crippen molar-refractivity contribution in [2.24, 2.45) is 0 Å². The number of aromatic nitrogens is 1. The van der Waals surface area contributed by atoms with Crippen LogP contribution in [0.4, 0.5) is 4.39 Å². The van der Waals surface area contributed by atoms with E-state index >= 15 is 0 Å². The summed E-state index contributed by atoms with van der Waals surface area (Å²) in [6, 6.07) is 9.55. The number of aliphatic hydroxyl groups excluding tert-OH is 1. The molecule has 2 atom stereocenters. The Kier molecular flexibility index (Phi) is 6.43. The Bertz CT molecular complexity index is 1060. The number of carbonyl (C=O) groups excluding carboxylic acids is 2. The Morgan fingerprint density at radius 1 is 1.00 bits per heavy atom. The van der Waals surface area contributed by atoms with Gasteiger partial charge in [0.05, 0.1) is 6.61 Å². The molecule has 9 heteroatoms. The number of hydrogen-bond acceptors (Lipinski definition) is 4. The predicted molar refractivity (Wildman–Crippen MR) is 106 cm³/mol. The summed E-state index contributed by atoms with van der Waals surface area (Å²) >= 11 is 0. The molecule has 0 aliphatic heterocycles. The molecule has 3 aromatic rings. The first-order chi connectivity index (χ1) is 14.4. The van der Waals surface area contributed by atoms with Gasteiger partial charge < -0.3 is 25.8 Å². The molecule has 0 saturated heterocycles. The second-order valence-electron chi connectivity index (χ2n) is 6.68. The topological polar surface area (TPSA) is 132 Å². The number of carboxylic acids is 1. The number of H-pyrrole nitrogens is 1. The fourth-order valence-electron chi connectivity index (χ4n) is 3.03. The van der Waals surface area contributed by atoms with Gasteiger partial charge in [-0.05, 0) is 35.9 Å². The molecule has 0 fully saturated rings. The standard InChI is InChI=1S/C21H20FN3O5/c22-14-7-5-12(6-8-14)19(27)24-17(20(28)25-18(11-26)21(29)30)9-13-10-23-16-4-2-1-3-15(13)16/h1-8,10,17-18,23,26H,9,11H2,(H,24,27)(H,25,28)(H,29,30)/t17-,18-/m0/s1. The molecular weight excluding hydrogens is 393 g/mol. The minimum atomic E-state index is -1.51. The smallest absolute Gasteiger partial charge is 0.328 e. The van der Waals surface area contributed by atoms with Crippen molar-refractivity contribution in [1.82, 2.24) is 15.6 Å². The lowest BCUT2D eigenvalue weighted by atomic mass is 10.0. The van der Waals surface area contributed by atoms with E-state index < -0.39 is 42.3 Å². The highest BCUT2D eigenvalue weighted by Crippen LogP contribution is 2.19. The van der Waals surface area contributed by atoms with Crippen LogP contribution in [-0.2, 0) is 16.0 Å². The third-order valence-electron chi connectivity index (χ3n) is 4.62. The fourth-order valence-corrected chi connectivity index (χ4v) is 3.03. The van der Waals surface area contributed by atoms with Gasteiger partial charge in [-0.25, -0.2) is 9.18 Å². The van der Waals surface area contributed by atoms with Crippen molar-refractivity contribution in [3.05, 3.63) is 71.7 Å². The molecule has 0 aliphatic rings. The number of aliphatic carboxylic acids is 1. The van der Waals surface area contributed by atoms with Crippen LogP contribution in [0.1, 0.15) is 15.9 Å². The van der Waals surface area contributed by atoms with Crippen LogP contribution < -0.4 is 10.6 Å². The summed E-state index contributed by atoms with van der Waals surface area (Å²) in [4.78, 5) is 39.5. The second kappa shape index (κ2) is 9.19. The van der Waals surface area contributed by atoms with Crippen LogP contribution in [0.3, 0.4) is 0 Å². The van der Waals surface area contributed by atoms with Crippen molar-refractivity contribution in [1.29, 1.82) is 0 Å². The van der Waals surface area contributed by atoms with E-state index in [0.717, 1.165) is 28.6 Å². The van der Waals surface area contributed by atoms with Crippen molar-refractivity contribution in [3.8, 4) is 0 Å². The zero-order valence-electron chi connectivity index (χ0n) is 15.8. The van der Waals surface area contributed by atoms with Gasteiger partial charge in [0.25, 0.3) is 5.91 Å². The van der Waals surface area contributed by atoms with Crippen LogP contribution >= 0.6 is 0 Å². The molecule has 2 aromatic carbocycles. The molecule has 0 spiro atoms. The average Bonchev–Trinajstić information content (AvgIpc) is 3.14. The summed E-state index contributed by atoms with van der Waals surface area (Å²) in [5, 5.41) is 23.9. The number of rotatable bonds is 8. The molecule has 0 aliphatic carbocycles. The number of halogens is 1. The Hall–Kier alpha value is -3.72. The Morgan fingerprint density at radius 2 is 1.70 bits per heavy atom. The summed E-state index contributed by atoms with van der Waals surface area (Å²) in [5.41, 5.74) is 1.72. The predicted octanol–water partition coefficient (Wildman–Crippen LogP) is 1.21. The van der Waals surface area contributed by atoms with Crippen LogP contribution in [0.25, 0.3) is 10.9 Å². The molecule has 3 rings (SSSR count). The molecule has 0 radical (unpaired) electrons. The second-order valence-corrected chi connectivity index (χ2v) is 6.68. The molecule has 0 bridgehead atoms. The van der Waals surface area contributed by atoms with Crippen LogP contribution in [0, 0.1) is 5.82 Å². The highest BCUT2D eigenvalue weighted by molar-refractivity contribution is 5.98. The number of fused-ring (bicyclic) bond motifs is 1. The van der Waals surface area contributed by atoms with Gasteiger partial charge in [0.15, 0.2) is 0 Å². The Balaban J connectivity index is 1.85. The summed E-state index contributed by atoms with van der Waals surface area (Å²) in [6.07, 6.45) is 1.77. The molecule has 30 heavy (non-hydrogen) atoms. The summed E-state index contributed by atoms with van der Waals surface area (Å²) < 4.78 is 13.1. The molecule has 5 N–H and O–H groups in total. The maximum absolute atomic E-state index is 13.1. The van der Waals surface area contributed by atoms with Crippen LogP contribution in [0.15, 0.2) is 54.7 Å². The lowest BCUT2D eigenvalue weighted by Crippen LogP contribution is -2.53. The van der Waals surface area contributed by atoms with E-state index in [1.54, 1.807) is 6.20 Å². The first kappa shape index (κ1) is 21.0. The zero-order valence-corrected chi connectivity index (χ0v) is 15.8. The maximum atomic E-state index is 13.1. The molecule has 1 heterocycles. The van der Waals surface area contributed by atoms with E-state index in [-0.39, 0.29) is 12.0 Å². The molecule has 8 nitrogen and oxygen atoms in total. The molecule has 0 saturated carbocycles. The van der Waals surface area contributed by atoms with Gasteiger partial charge in [0.2, 0.25) is 5.91 Å². The SMILES string of the molecule is O=C(N[C@@H](Cc1c[nH]c2ccccc12)C(=O)N[C@@H](CO)C(=O)O)c1ccc(F)cc1. The average molecular weight is 413 g/mol.